The molecule has 0 atom stereocenters. The Morgan fingerprint density at radius 2 is 2.07 bits per heavy atom. The summed E-state index contributed by atoms with van der Waals surface area (Å²) in [6.45, 7) is 1.93. The van der Waals surface area contributed by atoms with E-state index in [1.165, 1.54) is 0 Å². The van der Waals surface area contributed by atoms with Gasteiger partial charge in [-0.25, -0.2) is 0 Å². The van der Waals surface area contributed by atoms with Crippen LogP contribution in [0.3, 0.4) is 0 Å². The summed E-state index contributed by atoms with van der Waals surface area (Å²) in [6.07, 6.45) is 0. The fourth-order valence-electron chi connectivity index (χ4n) is 1.35. The third kappa shape index (κ3) is 1.61. The van der Waals surface area contributed by atoms with Crippen molar-refractivity contribution in [1.82, 2.24) is 4.98 Å². The zero-order valence-electron chi connectivity index (χ0n) is 7.62. The molecule has 70 valence electrons. The predicted octanol–water partition coefficient (Wildman–Crippen LogP) is 2.92. The number of carbonyl (C=O) groups excluding carboxylic acids is 1. The molecule has 1 aromatic carbocycles. The number of hydrogen-bond acceptors (Lipinski definition) is 2. The Balaban J connectivity index is 2.67. The molecule has 3 heteroatoms. The molecule has 0 saturated carbocycles. The molecule has 2 aromatic rings. The zero-order chi connectivity index (χ0) is 10.1. The number of aromatic nitrogens is 1. The van der Waals surface area contributed by atoms with Crippen molar-refractivity contribution in [1.29, 1.82) is 0 Å². The van der Waals surface area contributed by atoms with Gasteiger partial charge < -0.3 is 0 Å². The van der Waals surface area contributed by atoms with Crippen LogP contribution in [0.1, 0.15) is 16.1 Å². The fraction of sp³-hybridized carbons (Fsp3) is 0.0909. The second kappa shape index (κ2) is 3.39. The Kier molecular flexibility index (Phi) is 2.22. The summed E-state index contributed by atoms with van der Waals surface area (Å²) < 4.78 is 0. The molecule has 0 radical (unpaired) electrons. The van der Waals surface area contributed by atoms with Crippen LogP contribution < -0.4 is 0 Å². The lowest BCUT2D eigenvalue weighted by molar-refractivity contribution is 0.108. The summed E-state index contributed by atoms with van der Waals surface area (Å²) in [5.74, 6) is 0. The first-order chi connectivity index (χ1) is 6.66. The molecule has 1 aromatic heterocycles. The third-order valence-electron chi connectivity index (χ3n) is 2.06. The van der Waals surface area contributed by atoms with Crippen LogP contribution in [-0.2, 0) is 0 Å². The molecule has 0 aliphatic carbocycles. The fourth-order valence-corrected chi connectivity index (χ4v) is 1.47. The molecule has 0 aliphatic rings. The van der Waals surface area contributed by atoms with Gasteiger partial charge in [-0.15, -0.1) is 0 Å². The normalized spacial score (nSPS) is 10.4. The predicted molar refractivity (Wildman–Crippen MR) is 56.7 cm³/mol. The maximum Gasteiger partial charge on any atom is 0.252 e. The maximum absolute atomic E-state index is 10.9. The molecule has 0 unspecified atom stereocenters. The van der Waals surface area contributed by atoms with Gasteiger partial charge in [-0.05, 0) is 42.8 Å². The highest BCUT2D eigenvalue weighted by atomic mass is 35.5. The summed E-state index contributed by atoms with van der Waals surface area (Å²) in [5.41, 5.74) is 2.35. The number of rotatable bonds is 1. The summed E-state index contributed by atoms with van der Waals surface area (Å²) in [5, 5.41) is 0.495. The van der Waals surface area contributed by atoms with Gasteiger partial charge in [-0.3, -0.25) is 9.78 Å². The molecule has 0 saturated heterocycles. The van der Waals surface area contributed by atoms with Crippen LogP contribution in [0, 0.1) is 6.92 Å². The van der Waals surface area contributed by atoms with Crippen LogP contribution in [0.25, 0.3) is 10.9 Å². The van der Waals surface area contributed by atoms with E-state index in [-0.39, 0.29) is 0 Å². The Morgan fingerprint density at radius 1 is 1.29 bits per heavy atom. The SMILES string of the molecule is Cc1ccc2cc(C(=O)Cl)ccc2n1. The summed E-state index contributed by atoms with van der Waals surface area (Å²) in [7, 11) is 0. The van der Waals surface area contributed by atoms with E-state index < -0.39 is 5.24 Å². The van der Waals surface area contributed by atoms with Gasteiger partial charge in [0.05, 0.1) is 5.52 Å². The average Bonchev–Trinajstić information content (AvgIpc) is 2.16. The van der Waals surface area contributed by atoms with Gasteiger partial charge in [0.25, 0.3) is 5.24 Å². The number of fused-ring (bicyclic) bond motifs is 1. The molecule has 14 heavy (non-hydrogen) atoms. The van der Waals surface area contributed by atoms with E-state index in [1.54, 1.807) is 18.2 Å². The lowest BCUT2D eigenvalue weighted by atomic mass is 10.1. The molecule has 2 rings (SSSR count). The quantitative estimate of drug-likeness (QED) is 0.670. The first-order valence-corrected chi connectivity index (χ1v) is 4.62. The van der Waals surface area contributed by atoms with E-state index in [2.05, 4.69) is 4.98 Å². The van der Waals surface area contributed by atoms with Crippen molar-refractivity contribution in [3.05, 3.63) is 41.6 Å². The molecular weight excluding hydrogens is 198 g/mol. The van der Waals surface area contributed by atoms with Gasteiger partial charge in [0.15, 0.2) is 0 Å². The van der Waals surface area contributed by atoms with Crippen LogP contribution in [0.15, 0.2) is 30.3 Å². The topological polar surface area (TPSA) is 30.0 Å². The molecule has 0 aliphatic heterocycles. The van der Waals surface area contributed by atoms with Gasteiger partial charge in [-0.2, -0.15) is 0 Å². The second-order valence-corrected chi connectivity index (χ2v) is 3.48. The average molecular weight is 206 g/mol. The van der Waals surface area contributed by atoms with E-state index in [1.807, 2.05) is 19.1 Å². The van der Waals surface area contributed by atoms with E-state index in [9.17, 15) is 4.79 Å². The highest BCUT2D eigenvalue weighted by Crippen LogP contribution is 2.15. The number of carbonyl (C=O) groups is 1. The number of halogens is 1. The molecule has 1 heterocycles. The first kappa shape index (κ1) is 9.16. The van der Waals surface area contributed by atoms with Crippen molar-refractivity contribution in [2.24, 2.45) is 0 Å². The van der Waals surface area contributed by atoms with Crippen molar-refractivity contribution in [2.45, 2.75) is 6.92 Å². The molecule has 0 bridgehead atoms. The van der Waals surface area contributed by atoms with E-state index in [4.69, 9.17) is 11.6 Å². The molecular formula is C11H8ClNO. The molecule has 2 nitrogen and oxygen atoms in total. The number of pyridine rings is 1. The Morgan fingerprint density at radius 3 is 2.79 bits per heavy atom. The van der Waals surface area contributed by atoms with Crippen LogP contribution in [0.5, 0.6) is 0 Å². The standard InChI is InChI=1S/C11H8ClNO/c1-7-2-3-8-6-9(11(12)14)4-5-10(8)13-7/h2-6H,1H3. The highest BCUT2D eigenvalue weighted by molar-refractivity contribution is 6.67. The lowest BCUT2D eigenvalue weighted by Gasteiger charge is -1.99. The minimum absolute atomic E-state index is 0.438. The van der Waals surface area contributed by atoms with Crippen molar-refractivity contribution >= 4 is 27.7 Å². The van der Waals surface area contributed by atoms with Crippen molar-refractivity contribution in [3.8, 4) is 0 Å². The van der Waals surface area contributed by atoms with Crippen molar-refractivity contribution in [2.75, 3.05) is 0 Å². The minimum atomic E-state index is -0.438. The molecule has 0 amide bonds. The smallest absolute Gasteiger partial charge is 0.252 e. The van der Waals surface area contributed by atoms with Gasteiger partial charge in [-0.1, -0.05) is 6.07 Å². The summed E-state index contributed by atoms with van der Waals surface area (Å²) >= 11 is 5.38. The maximum atomic E-state index is 10.9. The number of hydrogen-bond donors (Lipinski definition) is 0. The number of nitrogens with zero attached hydrogens (tertiary/aromatic N) is 1. The van der Waals surface area contributed by atoms with Crippen LogP contribution in [-0.4, -0.2) is 10.2 Å². The van der Waals surface area contributed by atoms with Crippen molar-refractivity contribution < 1.29 is 4.79 Å². The van der Waals surface area contributed by atoms with Gasteiger partial charge in [0.1, 0.15) is 0 Å². The van der Waals surface area contributed by atoms with Gasteiger partial charge >= 0.3 is 0 Å². The van der Waals surface area contributed by atoms with E-state index in [0.717, 1.165) is 16.6 Å². The van der Waals surface area contributed by atoms with Crippen molar-refractivity contribution in [3.63, 3.8) is 0 Å². The third-order valence-corrected chi connectivity index (χ3v) is 2.27. The molecule has 0 N–H and O–H groups in total. The Hall–Kier alpha value is -1.41. The van der Waals surface area contributed by atoms with Crippen LogP contribution in [0.2, 0.25) is 0 Å². The summed E-state index contributed by atoms with van der Waals surface area (Å²) in [4.78, 5) is 15.2. The monoisotopic (exact) mass is 205 g/mol. The van der Waals surface area contributed by atoms with Crippen LogP contribution in [0.4, 0.5) is 0 Å². The molecule has 0 fully saturated rings. The van der Waals surface area contributed by atoms with Gasteiger partial charge in [0.2, 0.25) is 0 Å². The minimum Gasteiger partial charge on any atom is -0.276 e. The molecule has 0 spiro atoms. The Labute approximate surface area is 86.5 Å². The second-order valence-electron chi connectivity index (χ2n) is 3.13. The first-order valence-electron chi connectivity index (χ1n) is 4.24. The number of aryl methyl sites for hydroxylation is 1. The lowest BCUT2D eigenvalue weighted by Crippen LogP contribution is -1.89. The largest absolute Gasteiger partial charge is 0.276 e. The zero-order valence-corrected chi connectivity index (χ0v) is 8.38. The summed E-state index contributed by atoms with van der Waals surface area (Å²) in [6, 6.07) is 9.07. The van der Waals surface area contributed by atoms with Gasteiger partial charge in [0, 0.05) is 16.6 Å². The Bertz CT molecular complexity index is 508. The van der Waals surface area contributed by atoms with E-state index in [0.29, 0.717) is 5.56 Å². The number of benzene rings is 1. The van der Waals surface area contributed by atoms with Crippen LogP contribution >= 0.6 is 11.6 Å². The van der Waals surface area contributed by atoms with E-state index >= 15 is 0 Å². The highest BCUT2D eigenvalue weighted by Gasteiger charge is 2.02.